The molecule has 1 amide bonds. The van der Waals surface area contributed by atoms with Crippen molar-refractivity contribution >= 4 is 30.0 Å². The van der Waals surface area contributed by atoms with Crippen molar-refractivity contribution in [2.45, 2.75) is 19.8 Å². The van der Waals surface area contributed by atoms with E-state index in [0.29, 0.717) is 18.8 Å². The Morgan fingerprint density at radius 2 is 1.86 bits per heavy atom. The molecule has 21 heavy (non-hydrogen) atoms. The van der Waals surface area contributed by atoms with E-state index in [4.69, 9.17) is 5.11 Å². The molecule has 0 saturated heterocycles. The zero-order valence-electron chi connectivity index (χ0n) is 11.8. The van der Waals surface area contributed by atoms with Crippen molar-refractivity contribution < 1.29 is 19.1 Å². The Kier molecular flexibility index (Phi) is 9.32. The number of nitrogens with one attached hydrogen (secondary N) is 1. The molecule has 0 aromatic heterocycles. The third-order valence-corrected chi connectivity index (χ3v) is 2.68. The lowest BCUT2D eigenvalue weighted by molar-refractivity contribution is -0.138. The molecule has 0 aliphatic carbocycles. The summed E-state index contributed by atoms with van der Waals surface area (Å²) < 4.78 is 12.7. The van der Waals surface area contributed by atoms with Gasteiger partial charge in [0.2, 0.25) is 5.91 Å². The zero-order chi connectivity index (χ0) is 15.0. The molecule has 0 fully saturated rings. The maximum atomic E-state index is 12.7. The highest BCUT2D eigenvalue weighted by Crippen LogP contribution is 2.08. The molecule has 0 atom stereocenters. The van der Waals surface area contributed by atoms with Gasteiger partial charge >= 0.3 is 5.97 Å². The van der Waals surface area contributed by atoms with Crippen LogP contribution in [0.3, 0.4) is 0 Å². The maximum Gasteiger partial charge on any atom is 0.317 e. The lowest BCUT2D eigenvalue weighted by atomic mass is 10.3. The van der Waals surface area contributed by atoms with Gasteiger partial charge in [-0.1, -0.05) is 6.92 Å². The summed E-state index contributed by atoms with van der Waals surface area (Å²) in [6, 6.07) is 5.50. The highest BCUT2D eigenvalue weighted by Gasteiger charge is 2.11. The van der Waals surface area contributed by atoms with Gasteiger partial charge in [-0.25, -0.2) is 4.39 Å². The first kappa shape index (κ1) is 19.3. The fourth-order valence-electron chi connectivity index (χ4n) is 1.79. The van der Waals surface area contributed by atoms with Gasteiger partial charge < -0.3 is 10.4 Å². The number of rotatable bonds is 8. The van der Waals surface area contributed by atoms with Crippen LogP contribution < -0.4 is 5.32 Å². The molecule has 0 bridgehead atoms. The number of halogens is 2. The van der Waals surface area contributed by atoms with E-state index in [-0.39, 0.29) is 37.1 Å². The average Bonchev–Trinajstić information content (AvgIpc) is 2.38. The lowest BCUT2D eigenvalue weighted by Gasteiger charge is -2.18. The molecule has 1 aromatic rings. The third-order valence-electron chi connectivity index (χ3n) is 2.68. The van der Waals surface area contributed by atoms with E-state index in [9.17, 15) is 14.0 Å². The van der Waals surface area contributed by atoms with Crippen molar-refractivity contribution in [1.82, 2.24) is 4.90 Å². The number of hydrogen-bond acceptors (Lipinski definition) is 3. The largest absolute Gasteiger partial charge is 0.480 e. The smallest absolute Gasteiger partial charge is 0.317 e. The van der Waals surface area contributed by atoms with Gasteiger partial charge in [-0.05, 0) is 37.2 Å². The first-order valence-electron chi connectivity index (χ1n) is 6.51. The molecule has 7 heteroatoms. The summed E-state index contributed by atoms with van der Waals surface area (Å²) >= 11 is 0. The molecule has 0 aliphatic heterocycles. The first-order valence-corrected chi connectivity index (χ1v) is 6.51. The van der Waals surface area contributed by atoms with Crippen LogP contribution in [0.1, 0.15) is 19.8 Å². The molecule has 0 aliphatic rings. The predicted octanol–water partition coefficient (Wildman–Crippen LogP) is 2.37. The third kappa shape index (κ3) is 8.27. The zero-order valence-corrected chi connectivity index (χ0v) is 12.7. The van der Waals surface area contributed by atoms with Gasteiger partial charge in [-0.3, -0.25) is 14.5 Å². The van der Waals surface area contributed by atoms with E-state index in [2.05, 4.69) is 5.32 Å². The van der Waals surface area contributed by atoms with Crippen LogP contribution in [-0.2, 0) is 9.59 Å². The molecule has 5 nitrogen and oxygen atoms in total. The Hall–Kier alpha value is -1.66. The average molecular weight is 319 g/mol. The van der Waals surface area contributed by atoms with Crippen molar-refractivity contribution in [2.75, 3.05) is 25.0 Å². The Bertz CT molecular complexity index is 454. The quantitative estimate of drug-likeness (QED) is 0.772. The number of carbonyl (C=O) groups excluding carboxylic acids is 1. The topological polar surface area (TPSA) is 69.6 Å². The van der Waals surface area contributed by atoms with Gasteiger partial charge in [-0.15, -0.1) is 12.4 Å². The van der Waals surface area contributed by atoms with Crippen LogP contribution in [0.2, 0.25) is 0 Å². The van der Waals surface area contributed by atoms with Crippen molar-refractivity contribution in [2.24, 2.45) is 0 Å². The molecule has 1 aromatic carbocycles. The van der Waals surface area contributed by atoms with Gasteiger partial charge in [0.05, 0.1) is 6.54 Å². The molecular weight excluding hydrogens is 299 g/mol. The fraction of sp³-hybridized carbons (Fsp3) is 0.429. The van der Waals surface area contributed by atoms with E-state index >= 15 is 0 Å². The van der Waals surface area contributed by atoms with E-state index in [1.54, 1.807) is 4.90 Å². The standard InChI is InChI=1S/C14H19FN2O3.ClH/c1-2-8-17(10-14(19)20)9-7-13(18)16-12-5-3-11(15)4-6-12;/h3-6H,2,7-10H2,1H3,(H,16,18)(H,19,20);1H. The number of benzene rings is 1. The van der Waals surface area contributed by atoms with E-state index in [1.165, 1.54) is 24.3 Å². The number of carboxylic acids is 1. The minimum absolute atomic E-state index is 0. The molecule has 0 radical (unpaired) electrons. The second-order valence-electron chi connectivity index (χ2n) is 4.47. The summed E-state index contributed by atoms with van der Waals surface area (Å²) in [6.07, 6.45) is 1.03. The fourth-order valence-corrected chi connectivity index (χ4v) is 1.79. The Labute approximate surface area is 129 Å². The monoisotopic (exact) mass is 318 g/mol. The Morgan fingerprint density at radius 3 is 2.38 bits per heavy atom. The molecule has 1 rings (SSSR count). The van der Waals surface area contributed by atoms with Gasteiger partial charge in [0, 0.05) is 18.7 Å². The van der Waals surface area contributed by atoms with Crippen molar-refractivity contribution in [3.05, 3.63) is 30.1 Å². The SMILES string of the molecule is CCCN(CCC(=O)Nc1ccc(F)cc1)CC(=O)O.Cl. The number of nitrogens with zero attached hydrogens (tertiary/aromatic N) is 1. The molecule has 118 valence electrons. The predicted molar refractivity (Wildman–Crippen MR) is 81.3 cm³/mol. The van der Waals surface area contributed by atoms with Gasteiger partial charge in [-0.2, -0.15) is 0 Å². The van der Waals surface area contributed by atoms with Crippen molar-refractivity contribution in [3.8, 4) is 0 Å². The normalized spacial score (nSPS) is 10.0. The van der Waals surface area contributed by atoms with Gasteiger partial charge in [0.1, 0.15) is 5.82 Å². The minimum Gasteiger partial charge on any atom is -0.480 e. The summed E-state index contributed by atoms with van der Waals surface area (Å²) in [5.41, 5.74) is 0.525. The molecule has 0 heterocycles. The Morgan fingerprint density at radius 1 is 1.24 bits per heavy atom. The number of carboxylic acid groups (broad SMARTS) is 1. The van der Waals surface area contributed by atoms with Gasteiger partial charge in [0.15, 0.2) is 0 Å². The molecule has 0 saturated carbocycles. The van der Waals surface area contributed by atoms with Crippen LogP contribution in [-0.4, -0.2) is 41.5 Å². The number of amides is 1. The second-order valence-corrected chi connectivity index (χ2v) is 4.47. The van der Waals surface area contributed by atoms with E-state index in [0.717, 1.165) is 6.42 Å². The van der Waals surface area contributed by atoms with Crippen LogP contribution in [0, 0.1) is 5.82 Å². The van der Waals surface area contributed by atoms with E-state index < -0.39 is 5.97 Å². The van der Waals surface area contributed by atoms with Crippen molar-refractivity contribution in [1.29, 1.82) is 0 Å². The summed E-state index contributed by atoms with van der Waals surface area (Å²) in [5, 5.41) is 11.4. The molecular formula is C14H20ClFN2O3. The molecule has 2 N–H and O–H groups in total. The van der Waals surface area contributed by atoms with Crippen LogP contribution in [0.15, 0.2) is 24.3 Å². The van der Waals surface area contributed by atoms with Crippen LogP contribution in [0.25, 0.3) is 0 Å². The number of hydrogen-bond donors (Lipinski definition) is 2. The summed E-state index contributed by atoms with van der Waals surface area (Å²) in [7, 11) is 0. The van der Waals surface area contributed by atoms with Crippen LogP contribution >= 0.6 is 12.4 Å². The summed E-state index contributed by atoms with van der Waals surface area (Å²) in [6.45, 7) is 2.90. The Balaban J connectivity index is 0.00000400. The van der Waals surface area contributed by atoms with E-state index in [1.807, 2.05) is 6.92 Å². The lowest BCUT2D eigenvalue weighted by Crippen LogP contribution is -2.33. The number of aliphatic carboxylic acids is 1. The number of carbonyl (C=O) groups is 2. The minimum atomic E-state index is -0.905. The maximum absolute atomic E-state index is 12.7. The summed E-state index contributed by atoms with van der Waals surface area (Å²) in [4.78, 5) is 24.1. The van der Waals surface area contributed by atoms with Crippen LogP contribution in [0.5, 0.6) is 0 Å². The molecule has 0 unspecified atom stereocenters. The first-order chi connectivity index (χ1) is 9.51. The van der Waals surface area contributed by atoms with Crippen LogP contribution in [0.4, 0.5) is 10.1 Å². The second kappa shape index (κ2) is 10.1. The summed E-state index contributed by atoms with van der Waals surface area (Å²) in [5.74, 6) is -1.49. The molecule has 0 spiro atoms. The highest BCUT2D eigenvalue weighted by atomic mass is 35.5. The highest BCUT2D eigenvalue weighted by molar-refractivity contribution is 5.90. The number of anilines is 1. The van der Waals surface area contributed by atoms with Crippen molar-refractivity contribution in [3.63, 3.8) is 0 Å². The van der Waals surface area contributed by atoms with Gasteiger partial charge in [0.25, 0.3) is 0 Å².